The number of pyridine rings is 1. The first-order chi connectivity index (χ1) is 10.9. The van der Waals surface area contributed by atoms with Gasteiger partial charge in [0.05, 0.1) is 12.8 Å². The monoisotopic (exact) mass is 315 g/mol. The molecule has 0 aromatic carbocycles. The van der Waals surface area contributed by atoms with Crippen molar-refractivity contribution in [3.63, 3.8) is 0 Å². The van der Waals surface area contributed by atoms with Crippen LogP contribution in [0.5, 0.6) is 5.75 Å². The van der Waals surface area contributed by atoms with E-state index in [2.05, 4.69) is 36.0 Å². The van der Waals surface area contributed by atoms with Gasteiger partial charge in [-0.2, -0.15) is 0 Å². The van der Waals surface area contributed by atoms with Crippen LogP contribution < -0.4 is 10.1 Å². The maximum absolute atomic E-state index is 12.6. The Morgan fingerprint density at radius 1 is 1.48 bits per heavy atom. The summed E-state index contributed by atoms with van der Waals surface area (Å²) in [5.74, 6) is 1.36. The van der Waals surface area contributed by atoms with E-state index in [-0.39, 0.29) is 17.4 Å². The fourth-order valence-electron chi connectivity index (χ4n) is 4.25. The van der Waals surface area contributed by atoms with E-state index in [9.17, 15) is 4.79 Å². The van der Waals surface area contributed by atoms with E-state index in [1.807, 2.05) is 6.07 Å². The topological polar surface area (TPSA) is 54.5 Å². The summed E-state index contributed by atoms with van der Waals surface area (Å²) < 4.78 is 5.65. The smallest absolute Gasteiger partial charge is 0.270 e. The van der Waals surface area contributed by atoms with Gasteiger partial charge in [0.25, 0.3) is 5.91 Å². The van der Waals surface area contributed by atoms with Crippen LogP contribution >= 0.6 is 0 Å². The maximum atomic E-state index is 12.6. The van der Waals surface area contributed by atoms with Crippen LogP contribution in [0.2, 0.25) is 0 Å². The van der Waals surface area contributed by atoms with Crippen LogP contribution in [0.15, 0.2) is 12.3 Å². The van der Waals surface area contributed by atoms with Crippen molar-refractivity contribution in [1.29, 1.82) is 0 Å². The molecule has 4 atom stereocenters. The predicted molar refractivity (Wildman–Crippen MR) is 87.8 cm³/mol. The number of piperidine rings is 3. The molecule has 5 rings (SSSR count). The van der Waals surface area contributed by atoms with Gasteiger partial charge in [0.1, 0.15) is 11.4 Å². The highest BCUT2D eigenvalue weighted by molar-refractivity contribution is 5.93. The number of carbonyl (C=O) groups is 1. The van der Waals surface area contributed by atoms with Crippen LogP contribution in [-0.2, 0) is 5.41 Å². The van der Waals surface area contributed by atoms with Crippen LogP contribution in [0, 0.1) is 5.92 Å². The highest BCUT2D eigenvalue weighted by Gasteiger charge is 2.39. The number of amides is 1. The Labute approximate surface area is 137 Å². The van der Waals surface area contributed by atoms with Crippen LogP contribution in [0.3, 0.4) is 0 Å². The van der Waals surface area contributed by atoms with Gasteiger partial charge in [-0.3, -0.25) is 9.69 Å². The molecule has 4 aliphatic rings. The van der Waals surface area contributed by atoms with Crippen LogP contribution in [0.25, 0.3) is 0 Å². The quantitative estimate of drug-likeness (QED) is 0.906. The normalized spacial score (nSPS) is 33.9. The maximum Gasteiger partial charge on any atom is 0.270 e. The molecule has 23 heavy (non-hydrogen) atoms. The van der Waals surface area contributed by atoms with Crippen molar-refractivity contribution >= 4 is 5.91 Å². The van der Waals surface area contributed by atoms with E-state index < -0.39 is 0 Å². The summed E-state index contributed by atoms with van der Waals surface area (Å²) in [7, 11) is 0. The molecule has 1 aromatic rings. The Morgan fingerprint density at radius 3 is 3.00 bits per heavy atom. The summed E-state index contributed by atoms with van der Waals surface area (Å²) in [6, 6.07) is 2.81. The van der Waals surface area contributed by atoms with Crippen molar-refractivity contribution in [2.75, 3.05) is 19.7 Å². The Bertz CT molecular complexity index is 643. The second-order valence-electron chi connectivity index (χ2n) is 7.95. The fraction of sp³-hybridized carbons (Fsp3) is 0.667. The summed E-state index contributed by atoms with van der Waals surface area (Å²) >= 11 is 0. The van der Waals surface area contributed by atoms with Crippen molar-refractivity contribution in [3.8, 4) is 5.75 Å². The number of carbonyl (C=O) groups excluding carboxylic acids is 1. The lowest BCUT2D eigenvalue weighted by atomic mass is 9.80. The number of ether oxygens (including phenoxy) is 1. The number of nitrogens with one attached hydrogen (secondary N) is 1. The van der Waals surface area contributed by atoms with Crippen molar-refractivity contribution in [2.24, 2.45) is 5.92 Å². The molecular weight excluding hydrogens is 290 g/mol. The third-order valence-electron chi connectivity index (χ3n) is 5.79. The molecule has 4 aliphatic heterocycles. The summed E-state index contributed by atoms with van der Waals surface area (Å²) in [6.45, 7) is 9.34. The molecule has 1 amide bonds. The van der Waals surface area contributed by atoms with E-state index in [0.717, 1.165) is 17.9 Å². The molecule has 0 saturated carbocycles. The zero-order valence-corrected chi connectivity index (χ0v) is 14.1. The number of fused-ring (bicyclic) bond motifs is 4. The highest BCUT2D eigenvalue weighted by Crippen LogP contribution is 2.38. The van der Waals surface area contributed by atoms with E-state index in [1.54, 1.807) is 6.20 Å². The van der Waals surface area contributed by atoms with Gasteiger partial charge in [0.2, 0.25) is 0 Å². The summed E-state index contributed by atoms with van der Waals surface area (Å²) in [5.41, 5.74) is 1.53. The number of rotatable bonds is 2. The second-order valence-corrected chi connectivity index (χ2v) is 7.95. The van der Waals surface area contributed by atoms with E-state index in [4.69, 9.17) is 4.74 Å². The minimum atomic E-state index is -0.0572. The highest BCUT2D eigenvalue weighted by atomic mass is 16.5. The van der Waals surface area contributed by atoms with E-state index in [1.165, 1.54) is 19.4 Å². The molecular formula is C18H25N3O2. The van der Waals surface area contributed by atoms with Crippen LogP contribution in [0.4, 0.5) is 0 Å². The molecule has 1 N–H and O–H groups in total. The van der Waals surface area contributed by atoms with Gasteiger partial charge in [-0.15, -0.1) is 0 Å². The fourth-order valence-corrected chi connectivity index (χ4v) is 4.25. The largest absolute Gasteiger partial charge is 0.491 e. The molecule has 5 heteroatoms. The molecule has 5 nitrogen and oxygen atoms in total. The zero-order valence-electron chi connectivity index (χ0n) is 14.1. The lowest BCUT2D eigenvalue weighted by Gasteiger charge is -2.48. The molecule has 0 aliphatic carbocycles. The molecule has 4 unspecified atom stereocenters. The standard InChI is InChI=1S/C18H25N3O2/c1-11-6-12-4-5-21(11)9-15(12)20-17(22)14-7-13-16(8-19-14)23-10-18(13,2)3/h7-8,11-12,15H,4-6,9-10H2,1-3H3,(H,20,22). The van der Waals surface area contributed by atoms with Gasteiger partial charge < -0.3 is 10.1 Å². The van der Waals surface area contributed by atoms with Crippen molar-refractivity contribution in [2.45, 2.75) is 51.1 Å². The number of hydrogen-bond donors (Lipinski definition) is 1. The third-order valence-corrected chi connectivity index (χ3v) is 5.79. The van der Waals surface area contributed by atoms with Crippen molar-refractivity contribution in [3.05, 3.63) is 23.5 Å². The number of nitrogens with zero attached hydrogens (tertiary/aromatic N) is 2. The molecule has 5 heterocycles. The first kappa shape index (κ1) is 14.9. The Balaban J connectivity index is 1.50. The first-order valence-corrected chi connectivity index (χ1v) is 8.62. The van der Waals surface area contributed by atoms with Gasteiger partial charge in [-0.25, -0.2) is 4.98 Å². The second kappa shape index (κ2) is 5.20. The average Bonchev–Trinajstić information content (AvgIpc) is 2.83. The van der Waals surface area contributed by atoms with Gasteiger partial charge in [-0.1, -0.05) is 13.8 Å². The lowest BCUT2D eigenvalue weighted by Crippen LogP contribution is -2.60. The molecule has 3 fully saturated rings. The molecule has 1 aromatic heterocycles. The average molecular weight is 315 g/mol. The lowest BCUT2D eigenvalue weighted by molar-refractivity contribution is 0.0273. The van der Waals surface area contributed by atoms with Gasteiger partial charge in [0, 0.05) is 29.6 Å². The van der Waals surface area contributed by atoms with Crippen molar-refractivity contribution in [1.82, 2.24) is 15.2 Å². The van der Waals surface area contributed by atoms with Crippen LogP contribution in [0.1, 0.15) is 49.7 Å². The first-order valence-electron chi connectivity index (χ1n) is 8.62. The van der Waals surface area contributed by atoms with E-state index >= 15 is 0 Å². The number of hydrogen-bond acceptors (Lipinski definition) is 4. The van der Waals surface area contributed by atoms with Crippen LogP contribution in [-0.4, -0.2) is 47.6 Å². The molecule has 124 valence electrons. The minimum Gasteiger partial charge on any atom is -0.491 e. The Hall–Kier alpha value is -1.62. The van der Waals surface area contributed by atoms with Crippen molar-refractivity contribution < 1.29 is 9.53 Å². The van der Waals surface area contributed by atoms with Gasteiger partial charge in [-0.05, 0) is 38.3 Å². The summed E-state index contributed by atoms with van der Waals surface area (Å²) in [4.78, 5) is 19.4. The Kier molecular flexibility index (Phi) is 3.38. The van der Waals surface area contributed by atoms with Gasteiger partial charge >= 0.3 is 0 Å². The predicted octanol–water partition coefficient (Wildman–Crippen LogP) is 1.96. The number of aromatic nitrogens is 1. The minimum absolute atomic E-state index is 0.0538. The molecule has 0 spiro atoms. The molecule has 2 bridgehead atoms. The molecule has 0 radical (unpaired) electrons. The molecule has 3 saturated heterocycles. The summed E-state index contributed by atoms with van der Waals surface area (Å²) in [5, 5.41) is 3.22. The Morgan fingerprint density at radius 2 is 2.30 bits per heavy atom. The van der Waals surface area contributed by atoms with E-state index in [0.29, 0.717) is 24.3 Å². The zero-order chi connectivity index (χ0) is 16.2. The summed E-state index contributed by atoms with van der Waals surface area (Å²) in [6.07, 6.45) is 4.06. The van der Waals surface area contributed by atoms with Gasteiger partial charge in [0.15, 0.2) is 0 Å². The SMILES string of the molecule is CC1CC2CCN1CC2NC(=O)c1cc2c(cn1)OCC2(C)C. The third kappa shape index (κ3) is 2.51.